The topological polar surface area (TPSA) is 40.2 Å². The predicted octanol–water partition coefficient (Wildman–Crippen LogP) is 5.64. The van der Waals surface area contributed by atoms with Gasteiger partial charge in [-0.25, -0.2) is 0 Å². The van der Waals surface area contributed by atoms with Crippen LogP contribution in [0, 0.1) is 0 Å². The van der Waals surface area contributed by atoms with Gasteiger partial charge in [0.2, 0.25) is 0 Å². The van der Waals surface area contributed by atoms with Gasteiger partial charge in [0.15, 0.2) is 0 Å². The lowest BCUT2D eigenvalue weighted by molar-refractivity contribution is 0.116. The van der Waals surface area contributed by atoms with E-state index in [0.717, 1.165) is 51.0 Å². The van der Waals surface area contributed by atoms with Gasteiger partial charge in [0, 0.05) is 18.1 Å². The zero-order valence-electron chi connectivity index (χ0n) is 16.9. The van der Waals surface area contributed by atoms with E-state index in [2.05, 4.69) is 20.8 Å². The van der Waals surface area contributed by atoms with Crippen molar-refractivity contribution in [2.45, 2.75) is 84.7 Å². The minimum Gasteiger partial charge on any atom is -0.379 e. The second-order valence-electron chi connectivity index (χ2n) is 6.82. The third-order valence-electron chi connectivity index (χ3n) is 4.42. The SMILES string of the molecule is CCCCCCCCCCS(CCCOCC1CO1)(OCC)OCC. The molecule has 5 heteroatoms. The zero-order valence-corrected chi connectivity index (χ0v) is 17.7. The molecule has 1 aliphatic heterocycles. The molecule has 1 saturated heterocycles. The maximum Gasteiger partial charge on any atom is 0.104 e. The summed E-state index contributed by atoms with van der Waals surface area (Å²) in [5.74, 6) is 2.08. The van der Waals surface area contributed by atoms with Crippen molar-refractivity contribution in [1.82, 2.24) is 0 Å². The van der Waals surface area contributed by atoms with Crippen molar-refractivity contribution in [3.05, 3.63) is 0 Å². The molecule has 0 N–H and O–H groups in total. The number of rotatable bonds is 19. The zero-order chi connectivity index (χ0) is 18.2. The molecule has 1 atom stereocenters. The summed E-state index contributed by atoms with van der Waals surface area (Å²) in [6.45, 7) is 10.3. The number of ether oxygens (including phenoxy) is 2. The summed E-state index contributed by atoms with van der Waals surface area (Å²) < 4.78 is 23.1. The van der Waals surface area contributed by atoms with Crippen LogP contribution in [0.3, 0.4) is 0 Å². The molecular weight excluding hydrogens is 336 g/mol. The molecule has 1 fully saturated rings. The normalized spacial score (nSPS) is 17.8. The van der Waals surface area contributed by atoms with E-state index in [-0.39, 0.29) is 0 Å². The molecule has 0 amide bonds. The van der Waals surface area contributed by atoms with E-state index in [9.17, 15) is 0 Å². The van der Waals surface area contributed by atoms with Gasteiger partial charge in [-0.1, -0.05) is 51.9 Å². The monoisotopic (exact) mass is 378 g/mol. The van der Waals surface area contributed by atoms with Crippen molar-refractivity contribution in [1.29, 1.82) is 0 Å². The quantitative estimate of drug-likeness (QED) is 0.215. The second kappa shape index (κ2) is 15.3. The van der Waals surface area contributed by atoms with Crippen molar-refractivity contribution in [2.24, 2.45) is 0 Å². The first-order valence-corrected chi connectivity index (χ1v) is 12.3. The van der Waals surface area contributed by atoms with E-state index in [1.54, 1.807) is 0 Å². The molecule has 0 aromatic carbocycles. The Hall–Kier alpha value is 0.190. The van der Waals surface area contributed by atoms with Gasteiger partial charge in [0.05, 0.1) is 26.4 Å². The molecule has 1 rings (SSSR count). The third kappa shape index (κ3) is 12.2. The van der Waals surface area contributed by atoms with Gasteiger partial charge in [-0.2, -0.15) is 10.6 Å². The number of unbranched alkanes of at least 4 members (excludes halogenated alkanes) is 7. The van der Waals surface area contributed by atoms with Crippen LogP contribution < -0.4 is 0 Å². The highest BCUT2D eigenvalue weighted by molar-refractivity contribution is 8.25. The smallest absolute Gasteiger partial charge is 0.104 e. The minimum absolute atomic E-state index is 0.355. The van der Waals surface area contributed by atoms with Crippen molar-refractivity contribution in [3.63, 3.8) is 0 Å². The molecule has 0 spiro atoms. The van der Waals surface area contributed by atoms with Gasteiger partial charge in [-0.05, 0) is 26.7 Å². The molecular formula is C20H42O4S. The summed E-state index contributed by atoms with van der Waals surface area (Å²) in [7, 11) is -1.39. The summed E-state index contributed by atoms with van der Waals surface area (Å²) >= 11 is 0. The summed E-state index contributed by atoms with van der Waals surface area (Å²) in [6, 6.07) is 0. The standard InChI is InChI=1S/C20H42O4S/c1-4-7-8-9-10-11-12-13-16-25(23-5-2,24-6-3)17-14-15-21-18-20-19-22-20/h20H,4-19H2,1-3H3. The highest BCUT2D eigenvalue weighted by Crippen LogP contribution is 2.51. The van der Waals surface area contributed by atoms with Crippen LogP contribution in [0.1, 0.15) is 78.6 Å². The van der Waals surface area contributed by atoms with Gasteiger partial charge in [0.1, 0.15) is 6.10 Å². The van der Waals surface area contributed by atoms with Crippen LogP contribution in [0.4, 0.5) is 0 Å². The van der Waals surface area contributed by atoms with E-state index < -0.39 is 10.6 Å². The average molecular weight is 379 g/mol. The Kier molecular flexibility index (Phi) is 14.2. The van der Waals surface area contributed by atoms with Gasteiger partial charge >= 0.3 is 0 Å². The van der Waals surface area contributed by atoms with Crippen molar-refractivity contribution in [2.75, 3.05) is 44.5 Å². The molecule has 4 nitrogen and oxygen atoms in total. The Morgan fingerprint density at radius 3 is 1.92 bits per heavy atom. The van der Waals surface area contributed by atoms with E-state index in [0.29, 0.717) is 6.10 Å². The van der Waals surface area contributed by atoms with Gasteiger partial charge in [-0.3, -0.25) is 8.37 Å². The molecule has 1 aliphatic rings. The summed E-state index contributed by atoms with van der Waals surface area (Å²) in [6.07, 6.45) is 12.1. The van der Waals surface area contributed by atoms with E-state index in [4.69, 9.17) is 17.8 Å². The molecule has 0 aliphatic carbocycles. The summed E-state index contributed by atoms with van der Waals surface area (Å²) in [4.78, 5) is 0. The van der Waals surface area contributed by atoms with Gasteiger partial charge in [0.25, 0.3) is 0 Å². The molecule has 1 unspecified atom stereocenters. The van der Waals surface area contributed by atoms with Crippen molar-refractivity contribution in [3.8, 4) is 0 Å². The highest BCUT2D eigenvalue weighted by atomic mass is 32.3. The molecule has 0 saturated carbocycles. The maximum atomic E-state index is 6.15. The van der Waals surface area contributed by atoms with E-state index in [1.165, 1.54) is 51.4 Å². The summed E-state index contributed by atoms with van der Waals surface area (Å²) in [5.41, 5.74) is 0. The maximum absolute atomic E-state index is 6.15. The van der Waals surface area contributed by atoms with Crippen LogP contribution >= 0.6 is 10.6 Å². The Labute approximate surface area is 158 Å². The molecule has 152 valence electrons. The first kappa shape index (κ1) is 23.2. The Balaban J connectivity index is 2.19. The van der Waals surface area contributed by atoms with Crippen LogP contribution in [0.15, 0.2) is 0 Å². The summed E-state index contributed by atoms with van der Waals surface area (Å²) in [5, 5.41) is 0. The molecule has 0 aromatic heterocycles. The number of epoxide rings is 1. The predicted molar refractivity (Wildman–Crippen MR) is 108 cm³/mol. The molecule has 0 aromatic rings. The Morgan fingerprint density at radius 2 is 1.36 bits per heavy atom. The van der Waals surface area contributed by atoms with Crippen LogP contribution in [0.25, 0.3) is 0 Å². The van der Waals surface area contributed by atoms with Gasteiger partial charge in [-0.15, -0.1) is 0 Å². The minimum atomic E-state index is -1.39. The van der Waals surface area contributed by atoms with Crippen LogP contribution in [-0.4, -0.2) is 50.6 Å². The third-order valence-corrected chi connectivity index (χ3v) is 7.58. The lowest BCUT2D eigenvalue weighted by Crippen LogP contribution is -2.18. The van der Waals surface area contributed by atoms with Crippen LogP contribution in [0.5, 0.6) is 0 Å². The van der Waals surface area contributed by atoms with Gasteiger partial charge < -0.3 is 9.47 Å². The first-order chi connectivity index (χ1) is 12.3. The molecule has 0 bridgehead atoms. The van der Waals surface area contributed by atoms with E-state index >= 15 is 0 Å². The largest absolute Gasteiger partial charge is 0.379 e. The lowest BCUT2D eigenvalue weighted by atomic mass is 10.1. The molecule has 1 heterocycles. The molecule has 25 heavy (non-hydrogen) atoms. The number of hydrogen-bond acceptors (Lipinski definition) is 4. The molecule has 0 radical (unpaired) electrons. The first-order valence-electron chi connectivity index (χ1n) is 10.5. The van der Waals surface area contributed by atoms with Crippen LogP contribution in [-0.2, 0) is 17.8 Å². The van der Waals surface area contributed by atoms with Crippen molar-refractivity contribution < 1.29 is 17.8 Å². The van der Waals surface area contributed by atoms with E-state index in [1.807, 2.05) is 0 Å². The highest BCUT2D eigenvalue weighted by Gasteiger charge is 2.23. The number of hydrogen-bond donors (Lipinski definition) is 0. The fraction of sp³-hybridized carbons (Fsp3) is 1.00. The second-order valence-corrected chi connectivity index (χ2v) is 9.60. The average Bonchev–Trinajstić information content (AvgIpc) is 3.42. The fourth-order valence-corrected chi connectivity index (χ4v) is 5.82. The Morgan fingerprint density at radius 1 is 0.800 bits per heavy atom. The fourth-order valence-electron chi connectivity index (χ4n) is 3.02. The lowest BCUT2D eigenvalue weighted by Gasteiger charge is -2.43. The Bertz CT molecular complexity index is 291. The van der Waals surface area contributed by atoms with Crippen molar-refractivity contribution >= 4 is 10.6 Å². The van der Waals surface area contributed by atoms with Crippen LogP contribution in [0.2, 0.25) is 0 Å².